The number of halogens is 1. The van der Waals surface area contributed by atoms with E-state index < -0.39 is 12.0 Å². The van der Waals surface area contributed by atoms with E-state index in [0.29, 0.717) is 54.3 Å². The van der Waals surface area contributed by atoms with E-state index in [-0.39, 0.29) is 13.2 Å². The number of hydrogen-bond acceptors (Lipinski definition) is 9. The summed E-state index contributed by atoms with van der Waals surface area (Å²) in [6, 6.07) is 19.3. The van der Waals surface area contributed by atoms with Gasteiger partial charge in [0.2, 0.25) is 0 Å². The Bertz CT molecular complexity index is 1970. The summed E-state index contributed by atoms with van der Waals surface area (Å²) in [4.78, 5) is 20.6. The number of hydrogen-bond donors (Lipinski definition) is 1. The highest BCUT2D eigenvalue weighted by atomic mass is 35.5. The first kappa shape index (κ1) is 39.0. The molecule has 0 saturated carbocycles. The number of likely N-dealkylation sites (tertiary alicyclic amines) is 2. The highest BCUT2D eigenvalue weighted by Gasteiger charge is 2.29. The van der Waals surface area contributed by atoms with Crippen LogP contribution in [0.15, 0.2) is 67.0 Å². The van der Waals surface area contributed by atoms with Gasteiger partial charge in [-0.05, 0) is 92.1 Å². The van der Waals surface area contributed by atoms with Gasteiger partial charge in [0.15, 0.2) is 0 Å². The number of nitriles is 1. The van der Waals surface area contributed by atoms with Crippen LogP contribution in [0.3, 0.4) is 0 Å². The molecule has 1 aromatic heterocycles. The lowest BCUT2D eigenvalue weighted by molar-refractivity contribution is -0.144. The number of ether oxygens (including phenoxy) is 4. The Kier molecular flexibility index (Phi) is 13.4. The lowest BCUT2D eigenvalue weighted by atomic mass is 9.93. The topological polar surface area (TPSA) is 117 Å². The minimum absolute atomic E-state index is 0.162. The van der Waals surface area contributed by atoms with Crippen molar-refractivity contribution in [2.45, 2.75) is 77.9 Å². The van der Waals surface area contributed by atoms with Crippen molar-refractivity contribution in [3.8, 4) is 34.4 Å². The molecular formula is C43H49ClN4O6. The molecule has 11 heteroatoms. The van der Waals surface area contributed by atoms with Crippen LogP contribution in [0.5, 0.6) is 17.2 Å². The van der Waals surface area contributed by atoms with Gasteiger partial charge in [0.25, 0.3) is 0 Å². The highest BCUT2D eigenvalue weighted by molar-refractivity contribution is 6.32. The van der Waals surface area contributed by atoms with Crippen molar-refractivity contribution in [1.82, 2.24) is 14.8 Å². The lowest BCUT2D eigenvalue weighted by Gasteiger charge is -2.33. The fourth-order valence-corrected chi connectivity index (χ4v) is 7.67. The summed E-state index contributed by atoms with van der Waals surface area (Å²) in [5, 5.41) is 19.7. The Morgan fingerprint density at radius 1 is 0.926 bits per heavy atom. The Morgan fingerprint density at radius 2 is 1.72 bits per heavy atom. The summed E-state index contributed by atoms with van der Waals surface area (Å²) in [6.45, 7) is 9.38. The van der Waals surface area contributed by atoms with Gasteiger partial charge in [0.05, 0.1) is 23.3 Å². The van der Waals surface area contributed by atoms with Gasteiger partial charge in [0, 0.05) is 62.9 Å². The molecule has 0 amide bonds. The van der Waals surface area contributed by atoms with Crippen LogP contribution in [-0.2, 0) is 29.3 Å². The van der Waals surface area contributed by atoms with Crippen molar-refractivity contribution in [1.29, 1.82) is 5.26 Å². The summed E-state index contributed by atoms with van der Waals surface area (Å²) in [7, 11) is 1.79. The predicted octanol–water partition coefficient (Wildman–Crippen LogP) is 7.98. The molecule has 3 heterocycles. The second-order valence-electron chi connectivity index (χ2n) is 14.1. The maximum Gasteiger partial charge on any atom is 0.320 e. The fraction of sp³-hybridized carbons (Fsp3) is 0.419. The van der Waals surface area contributed by atoms with Crippen molar-refractivity contribution >= 4 is 17.6 Å². The summed E-state index contributed by atoms with van der Waals surface area (Å²) >= 11 is 6.86. The molecule has 2 saturated heterocycles. The molecule has 2 atom stereocenters. The van der Waals surface area contributed by atoms with Crippen molar-refractivity contribution in [2.75, 3.05) is 39.9 Å². The van der Waals surface area contributed by atoms with E-state index in [1.165, 1.54) is 6.20 Å². The predicted molar refractivity (Wildman–Crippen MR) is 208 cm³/mol. The number of methoxy groups -OCH3 is 1. The Morgan fingerprint density at radius 3 is 2.50 bits per heavy atom. The Hall–Kier alpha value is -4.66. The number of aliphatic carboxylic acids is 1. The van der Waals surface area contributed by atoms with Gasteiger partial charge < -0.3 is 29.0 Å². The van der Waals surface area contributed by atoms with E-state index in [1.807, 2.05) is 29.2 Å². The normalized spacial score (nSPS) is 17.6. The van der Waals surface area contributed by atoms with Crippen LogP contribution < -0.4 is 14.2 Å². The number of carboxylic acid groups (broad SMARTS) is 1. The van der Waals surface area contributed by atoms with Crippen LogP contribution in [0.1, 0.15) is 65.5 Å². The molecule has 0 bridgehead atoms. The zero-order chi connectivity index (χ0) is 38.0. The number of carbonyl (C=O) groups is 1. The second kappa shape index (κ2) is 18.6. The lowest BCUT2D eigenvalue weighted by Crippen LogP contribution is -2.44. The quantitative estimate of drug-likeness (QED) is 0.113. The largest absolute Gasteiger partial charge is 0.493 e. The van der Waals surface area contributed by atoms with Gasteiger partial charge in [-0.2, -0.15) is 5.26 Å². The molecule has 10 nitrogen and oxygen atoms in total. The monoisotopic (exact) mass is 752 g/mol. The van der Waals surface area contributed by atoms with E-state index in [4.69, 9.17) is 30.5 Å². The molecule has 2 fully saturated rings. The molecule has 284 valence electrons. The molecule has 0 spiro atoms. The Balaban J connectivity index is 1.17. The average molecular weight is 753 g/mol. The van der Waals surface area contributed by atoms with E-state index in [9.17, 15) is 15.2 Å². The first-order valence-electron chi connectivity index (χ1n) is 18.7. The number of aromatic nitrogens is 1. The van der Waals surface area contributed by atoms with Gasteiger partial charge in [0.1, 0.15) is 42.6 Å². The smallest absolute Gasteiger partial charge is 0.320 e. The summed E-state index contributed by atoms with van der Waals surface area (Å²) in [6.07, 6.45) is 7.93. The van der Waals surface area contributed by atoms with E-state index in [1.54, 1.807) is 25.4 Å². The summed E-state index contributed by atoms with van der Waals surface area (Å²) in [5.41, 5.74) is 7.35. The first-order valence-corrected chi connectivity index (χ1v) is 19.1. The third-order valence-corrected chi connectivity index (χ3v) is 10.8. The molecule has 4 aromatic rings. The minimum atomic E-state index is -0.830. The maximum absolute atomic E-state index is 12.1. The van der Waals surface area contributed by atoms with Crippen LogP contribution in [-0.4, -0.2) is 77.9 Å². The number of piperidine rings is 1. The van der Waals surface area contributed by atoms with Crippen LogP contribution in [0.2, 0.25) is 5.02 Å². The molecule has 1 N–H and O–H groups in total. The first-order chi connectivity index (χ1) is 26.2. The number of rotatable bonds is 16. The van der Waals surface area contributed by atoms with Crippen LogP contribution in [0, 0.1) is 25.2 Å². The molecule has 2 aliphatic rings. The standard InChI is InChI=1S/C43H49ClN4O6/c1-29-33(9-6-10-36(29)37-11-7-13-40(30(37)2)52-18-8-15-47-17-14-35(26-47)51-3)28-54-42-21-41(53-27-32-19-31(22-45)23-46-24-32)34(20-38(42)44)25-48-16-5-4-12-39(48)43(49)50/h6-7,9-11,13,19-21,23-24,35,39H,4-5,8,12,14-18,25-28H2,1-3H3,(H,49,50)/t35-,39+/m1/s1. The second-order valence-corrected chi connectivity index (χ2v) is 14.6. The maximum atomic E-state index is 12.1. The third kappa shape index (κ3) is 9.71. The molecule has 0 radical (unpaired) electrons. The fourth-order valence-electron chi connectivity index (χ4n) is 7.42. The molecule has 54 heavy (non-hydrogen) atoms. The molecule has 0 unspecified atom stereocenters. The van der Waals surface area contributed by atoms with Crippen molar-refractivity contribution in [2.24, 2.45) is 0 Å². The number of benzene rings is 3. The van der Waals surface area contributed by atoms with Gasteiger partial charge in [-0.25, -0.2) is 0 Å². The molecular weight excluding hydrogens is 704 g/mol. The Labute approximate surface area is 323 Å². The van der Waals surface area contributed by atoms with Gasteiger partial charge >= 0.3 is 5.97 Å². The zero-order valence-corrected chi connectivity index (χ0v) is 32.1. The van der Waals surface area contributed by atoms with Crippen LogP contribution in [0.4, 0.5) is 0 Å². The number of nitrogens with zero attached hydrogens (tertiary/aromatic N) is 4. The van der Waals surface area contributed by atoms with Gasteiger partial charge in [-0.1, -0.05) is 48.4 Å². The number of pyridine rings is 1. The van der Waals surface area contributed by atoms with Crippen molar-refractivity contribution in [3.05, 3.63) is 105 Å². The molecule has 0 aliphatic carbocycles. The van der Waals surface area contributed by atoms with Crippen molar-refractivity contribution < 1.29 is 28.8 Å². The third-order valence-electron chi connectivity index (χ3n) is 10.5. The van der Waals surface area contributed by atoms with Gasteiger partial charge in [-0.15, -0.1) is 0 Å². The van der Waals surface area contributed by atoms with Crippen LogP contribution >= 0.6 is 11.6 Å². The zero-order valence-electron chi connectivity index (χ0n) is 31.4. The highest BCUT2D eigenvalue weighted by Crippen LogP contribution is 2.37. The van der Waals surface area contributed by atoms with E-state index in [2.05, 4.69) is 48.0 Å². The summed E-state index contributed by atoms with van der Waals surface area (Å²) < 4.78 is 24.5. The van der Waals surface area contributed by atoms with E-state index in [0.717, 1.165) is 90.0 Å². The SMILES string of the molecule is CO[C@@H]1CCN(CCCOc2cccc(-c3cccc(COc4cc(OCc5cncc(C#N)c5)c(CN5CCCC[C@H]5C(=O)O)cc4Cl)c3C)c2C)C1. The molecule has 3 aromatic carbocycles. The van der Waals surface area contributed by atoms with E-state index >= 15 is 0 Å². The summed E-state index contributed by atoms with van der Waals surface area (Å²) in [5.74, 6) is 1.04. The number of carboxylic acids is 1. The molecule has 2 aliphatic heterocycles. The van der Waals surface area contributed by atoms with Gasteiger partial charge in [-0.3, -0.25) is 14.7 Å². The van der Waals surface area contributed by atoms with Crippen LogP contribution in [0.25, 0.3) is 11.1 Å². The average Bonchev–Trinajstić information content (AvgIpc) is 3.65. The minimum Gasteiger partial charge on any atom is -0.493 e. The van der Waals surface area contributed by atoms with Crippen molar-refractivity contribution in [3.63, 3.8) is 0 Å². The molecule has 6 rings (SSSR count).